The highest BCUT2D eigenvalue weighted by molar-refractivity contribution is 8.00. The van der Waals surface area contributed by atoms with Crippen molar-refractivity contribution in [2.24, 2.45) is 0 Å². The number of amides is 1. The Kier molecular flexibility index (Phi) is 4.41. The molecule has 7 heteroatoms. The lowest BCUT2D eigenvalue weighted by atomic mass is 10.1. The molecule has 0 aliphatic carbocycles. The molecule has 0 radical (unpaired) electrons. The monoisotopic (exact) mass is 309 g/mol. The van der Waals surface area contributed by atoms with Crippen LogP contribution in [0.3, 0.4) is 0 Å². The van der Waals surface area contributed by atoms with Gasteiger partial charge in [0.1, 0.15) is 5.69 Å². The van der Waals surface area contributed by atoms with Crippen LogP contribution in [0, 0.1) is 10.1 Å². The molecular formula is C14H19N3O3S. The number of nitrogens with one attached hydrogen (secondary N) is 1. The van der Waals surface area contributed by atoms with Crippen LogP contribution in [-0.4, -0.2) is 46.4 Å². The number of nitro groups is 1. The Morgan fingerprint density at radius 1 is 1.48 bits per heavy atom. The third-order valence-electron chi connectivity index (χ3n) is 3.43. The highest BCUT2D eigenvalue weighted by atomic mass is 32.2. The minimum absolute atomic E-state index is 0.00836. The van der Waals surface area contributed by atoms with Crippen LogP contribution in [0.2, 0.25) is 0 Å². The van der Waals surface area contributed by atoms with Gasteiger partial charge in [0.05, 0.1) is 10.5 Å². The minimum Gasteiger partial charge on any atom is -0.382 e. The van der Waals surface area contributed by atoms with Crippen molar-refractivity contribution in [1.29, 1.82) is 0 Å². The molecule has 1 amide bonds. The summed E-state index contributed by atoms with van der Waals surface area (Å²) in [6.07, 6.45) is 0. The first-order valence-electron chi connectivity index (χ1n) is 6.74. The Morgan fingerprint density at radius 2 is 2.19 bits per heavy atom. The maximum absolute atomic E-state index is 12.7. The van der Waals surface area contributed by atoms with E-state index in [0.717, 1.165) is 5.75 Å². The van der Waals surface area contributed by atoms with E-state index in [0.29, 0.717) is 18.7 Å². The Labute approximate surface area is 128 Å². The van der Waals surface area contributed by atoms with E-state index in [1.807, 2.05) is 11.8 Å². The second-order valence-corrected chi connectivity index (χ2v) is 7.34. The van der Waals surface area contributed by atoms with Gasteiger partial charge in [-0.25, -0.2) is 0 Å². The molecule has 0 aromatic heterocycles. The van der Waals surface area contributed by atoms with Gasteiger partial charge >= 0.3 is 0 Å². The minimum atomic E-state index is -0.474. The molecule has 1 aromatic rings. The lowest BCUT2D eigenvalue weighted by molar-refractivity contribution is -0.384. The molecule has 21 heavy (non-hydrogen) atoms. The van der Waals surface area contributed by atoms with Gasteiger partial charge in [-0.05, 0) is 19.9 Å². The summed E-state index contributed by atoms with van der Waals surface area (Å²) in [6, 6.07) is 4.59. The summed E-state index contributed by atoms with van der Waals surface area (Å²) in [5.41, 5.74) is 0.562. The molecule has 114 valence electrons. The molecule has 0 unspecified atom stereocenters. The zero-order valence-electron chi connectivity index (χ0n) is 12.4. The normalized spacial score (nSPS) is 17.4. The molecule has 0 atom stereocenters. The van der Waals surface area contributed by atoms with Gasteiger partial charge in [-0.2, -0.15) is 11.8 Å². The third-order valence-corrected chi connectivity index (χ3v) is 4.73. The fourth-order valence-electron chi connectivity index (χ4n) is 2.49. The standard InChI is InChI=1S/C14H19N3O3S/c1-14(2)9-16(7-8-21-14)13(18)10-5-4-6-11(17(19)20)12(10)15-3/h4-6,15H,7-9H2,1-3H3. The van der Waals surface area contributed by atoms with Crippen molar-refractivity contribution in [2.45, 2.75) is 18.6 Å². The van der Waals surface area contributed by atoms with Crippen LogP contribution in [0.5, 0.6) is 0 Å². The van der Waals surface area contributed by atoms with E-state index in [1.165, 1.54) is 6.07 Å². The van der Waals surface area contributed by atoms with Gasteiger partial charge in [-0.15, -0.1) is 0 Å². The Bertz CT molecular complexity index is 575. The van der Waals surface area contributed by atoms with Crippen LogP contribution in [0.1, 0.15) is 24.2 Å². The number of hydrogen-bond donors (Lipinski definition) is 1. The quantitative estimate of drug-likeness (QED) is 0.686. The summed E-state index contributed by atoms with van der Waals surface area (Å²) in [5, 5.41) is 13.9. The number of rotatable bonds is 3. The molecule has 6 nitrogen and oxygen atoms in total. The maximum Gasteiger partial charge on any atom is 0.293 e. The Hall–Kier alpha value is -1.76. The molecule has 0 bridgehead atoms. The van der Waals surface area contributed by atoms with Crippen molar-refractivity contribution in [3.05, 3.63) is 33.9 Å². The zero-order chi connectivity index (χ0) is 15.6. The summed E-state index contributed by atoms with van der Waals surface area (Å²) in [5.74, 6) is 0.721. The second kappa shape index (κ2) is 5.93. The molecule has 1 aromatic carbocycles. The third kappa shape index (κ3) is 3.29. The number of nitrogens with zero attached hydrogens (tertiary/aromatic N) is 2. The number of thioether (sulfide) groups is 1. The van der Waals surface area contributed by atoms with E-state index in [1.54, 1.807) is 24.1 Å². The lowest BCUT2D eigenvalue weighted by Gasteiger charge is -2.37. The van der Waals surface area contributed by atoms with E-state index in [-0.39, 0.29) is 22.0 Å². The van der Waals surface area contributed by atoms with Gasteiger partial charge in [-0.1, -0.05) is 6.07 Å². The van der Waals surface area contributed by atoms with Crippen molar-refractivity contribution in [2.75, 3.05) is 31.2 Å². The average molecular weight is 309 g/mol. The van der Waals surface area contributed by atoms with Crippen molar-refractivity contribution in [3.63, 3.8) is 0 Å². The van der Waals surface area contributed by atoms with Crippen LogP contribution >= 0.6 is 11.8 Å². The molecule has 0 spiro atoms. The van der Waals surface area contributed by atoms with Crippen molar-refractivity contribution < 1.29 is 9.72 Å². The maximum atomic E-state index is 12.7. The smallest absolute Gasteiger partial charge is 0.293 e. The highest BCUT2D eigenvalue weighted by Crippen LogP contribution is 2.33. The molecule has 1 aliphatic rings. The van der Waals surface area contributed by atoms with Gasteiger partial charge in [0.15, 0.2) is 0 Å². The molecule has 1 heterocycles. The summed E-state index contributed by atoms with van der Waals surface area (Å²) >= 11 is 1.84. The SMILES string of the molecule is CNc1c(C(=O)N2CCSC(C)(C)C2)cccc1[N+](=O)[O-]. The van der Waals surface area contributed by atoms with E-state index in [4.69, 9.17) is 0 Å². The van der Waals surface area contributed by atoms with Gasteiger partial charge in [0, 0.05) is 36.7 Å². The van der Waals surface area contributed by atoms with Crippen molar-refractivity contribution in [3.8, 4) is 0 Å². The number of nitro benzene ring substituents is 1. The van der Waals surface area contributed by atoms with Crippen LogP contribution in [-0.2, 0) is 0 Å². The van der Waals surface area contributed by atoms with Gasteiger partial charge < -0.3 is 10.2 Å². The number of para-hydroxylation sites is 1. The predicted octanol–water partition coefficient (Wildman–Crippen LogP) is 2.60. The van der Waals surface area contributed by atoms with Crippen LogP contribution in [0.25, 0.3) is 0 Å². The lowest BCUT2D eigenvalue weighted by Crippen LogP contribution is -2.46. The molecule has 1 aliphatic heterocycles. The Morgan fingerprint density at radius 3 is 2.76 bits per heavy atom. The fraction of sp³-hybridized carbons (Fsp3) is 0.500. The zero-order valence-corrected chi connectivity index (χ0v) is 13.2. The number of anilines is 1. The number of benzene rings is 1. The molecule has 1 N–H and O–H groups in total. The van der Waals surface area contributed by atoms with Crippen LogP contribution in [0.4, 0.5) is 11.4 Å². The number of carbonyl (C=O) groups excluding carboxylic acids is 1. The number of hydrogen-bond acceptors (Lipinski definition) is 5. The van der Waals surface area contributed by atoms with E-state index >= 15 is 0 Å². The topological polar surface area (TPSA) is 75.5 Å². The van der Waals surface area contributed by atoms with Crippen LogP contribution in [0.15, 0.2) is 18.2 Å². The largest absolute Gasteiger partial charge is 0.382 e. The van der Waals surface area contributed by atoms with Gasteiger partial charge in [0.2, 0.25) is 0 Å². The van der Waals surface area contributed by atoms with Crippen molar-refractivity contribution >= 4 is 29.0 Å². The predicted molar refractivity (Wildman–Crippen MR) is 85.1 cm³/mol. The molecule has 2 rings (SSSR count). The van der Waals surface area contributed by atoms with E-state index < -0.39 is 4.92 Å². The summed E-state index contributed by atoms with van der Waals surface area (Å²) in [6.45, 7) is 5.51. The first kappa shape index (κ1) is 15.6. The second-order valence-electron chi connectivity index (χ2n) is 5.54. The molecule has 1 fully saturated rings. The summed E-state index contributed by atoms with van der Waals surface area (Å²) in [7, 11) is 1.59. The molecule has 0 saturated carbocycles. The highest BCUT2D eigenvalue weighted by Gasteiger charge is 2.32. The average Bonchev–Trinajstić information content (AvgIpc) is 2.44. The number of carbonyl (C=O) groups is 1. The van der Waals surface area contributed by atoms with Gasteiger partial charge in [-0.3, -0.25) is 14.9 Å². The first-order chi connectivity index (χ1) is 9.85. The molecule has 1 saturated heterocycles. The Balaban J connectivity index is 2.35. The fourth-order valence-corrected chi connectivity index (χ4v) is 3.60. The van der Waals surface area contributed by atoms with E-state index in [9.17, 15) is 14.9 Å². The first-order valence-corrected chi connectivity index (χ1v) is 7.72. The molecular weight excluding hydrogens is 290 g/mol. The summed E-state index contributed by atoms with van der Waals surface area (Å²) in [4.78, 5) is 25.1. The summed E-state index contributed by atoms with van der Waals surface area (Å²) < 4.78 is 0.00836. The van der Waals surface area contributed by atoms with Gasteiger partial charge in [0.25, 0.3) is 11.6 Å². The van der Waals surface area contributed by atoms with Crippen LogP contribution < -0.4 is 5.32 Å². The van der Waals surface area contributed by atoms with E-state index in [2.05, 4.69) is 19.2 Å². The van der Waals surface area contributed by atoms with Crippen molar-refractivity contribution in [1.82, 2.24) is 4.90 Å².